The van der Waals surface area contributed by atoms with E-state index in [4.69, 9.17) is 26.9 Å². The number of pyridine rings is 1. The predicted molar refractivity (Wildman–Crippen MR) is 105 cm³/mol. The summed E-state index contributed by atoms with van der Waals surface area (Å²) in [6.45, 7) is 0. The zero-order chi connectivity index (χ0) is 21.6. The molecular weight excluding hydrogens is 418 g/mol. The van der Waals surface area contributed by atoms with Gasteiger partial charge >= 0.3 is 5.97 Å². The van der Waals surface area contributed by atoms with Gasteiger partial charge in [-0.15, -0.1) is 0 Å². The van der Waals surface area contributed by atoms with Crippen LogP contribution in [-0.2, 0) is 0 Å². The van der Waals surface area contributed by atoms with Crippen molar-refractivity contribution >= 4 is 34.6 Å². The molecule has 0 radical (unpaired) electrons. The van der Waals surface area contributed by atoms with Crippen LogP contribution < -0.4 is 5.73 Å². The Morgan fingerprint density at radius 2 is 1.70 bits per heavy atom. The fourth-order valence-electron chi connectivity index (χ4n) is 3.12. The third kappa shape index (κ3) is 3.37. The van der Waals surface area contributed by atoms with Crippen molar-refractivity contribution in [1.82, 2.24) is 4.98 Å². The highest BCUT2D eigenvalue weighted by Gasteiger charge is 2.23. The summed E-state index contributed by atoms with van der Waals surface area (Å²) in [7, 11) is 0. The molecule has 0 aliphatic carbocycles. The minimum absolute atomic E-state index is 0.00765. The van der Waals surface area contributed by atoms with Gasteiger partial charge in [0.25, 0.3) is 5.91 Å². The number of carbonyl (C=O) groups excluding carboxylic acids is 1. The minimum Gasteiger partial charge on any atom is -0.478 e. The summed E-state index contributed by atoms with van der Waals surface area (Å²) in [5.74, 6) is -3.33. The van der Waals surface area contributed by atoms with E-state index in [9.17, 15) is 18.4 Å². The number of aromatic nitrogens is 1. The molecule has 0 saturated heterocycles. The molecule has 4 rings (SSSR count). The van der Waals surface area contributed by atoms with Crippen LogP contribution in [0.25, 0.3) is 33.6 Å². The molecule has 9 heteroatoms. The van der Waals surface area contributed by atoms with Crippen molar-refractivity contribution in [3.05, 3.63) is 76.4 Å². The highest BCUT2D eigenvalue weighted by molar-refractivity contribution is 6.32. The number of amides is 1. The van der Waals surface area contributed by atoms with Crippen molar-refractivity contribution in [3.63, 3.8) is 0 Å². The lowest BCUT2D eigenvalue weighted by atomic mass is 10.0. The quantitative estimate of drug-likeness (QED) is 0.450. The number of primary amides is 1. The van der Waals surface area contributed by atoms with E-state index in [0.717, 1.165) is 12.1 Å². The number of rotatable bonds is 4. The average molecular weight is 429 g/mol. The number of carboxylic acids is 1. The molecule has 0 atom stereocenters. The number of benzene rings is 2. The highest BCUT2D eigenvalue weighted by atomic mass is 35.5. The number of nitrogens with zero attached hydrogens (tertiary/aromatic N) is 1. The third-order valence-corrected chi connectivity index (χ3v) is 4.73. The normalized spacial score (nSPS) is 11.0. The van der Waals surface area contributed by atoms with Crippen molar-refractivity contribution in [2.45, 2.75) is 0 Å². The van der Waals surface area contributed by atoms with Crippen LogP contribution >= 0.6 is 11.6 Å². The monoisotopic (exact) mass is 428 g/mol. The van der Waals surface area contributed by atoms with Crippen LogP contribution in [-0.4, -0.2) is 22.0 Å². The second-order valence-corrected chi connectivity index (χ2v) is 6.75. The van der Waals surface area contributed by atoms with Gasteiger partial charge in [0.2, 0.25) is 5.71 Å². The molecule has 3 N–H and O–H groups in total. The number of hydrogen-bond acceptors (Lipinski definition) is 4. The van der Waals surface area contributed by atoms with Crippen LogP contribution in [0.3, 0.4) is 0 Å². The Hall–Kier alpha value is -3.78. The summed E-state index contributed by atoms with van der Waals surface area (Å²) in [6, 6.07) is 9.81. The van der Waals surface area contributed by atoms with Crippen LogP contribution in [0.15, 0.2) is 52.9 Å². The molecule has 1 amide bonds. The number of halogens is 3. The molecule has 0 saturated carbocycles. The van der Waals surface area contributed by atoms with Crippen LogP contribution in [0.2, 0.25) is 5.15 Å². The third-order valence-electron chi connectivity index (χ3n) is 4.44. The molecule has 150 valence electrons. The molecule has 2 aromatic carbocycles. The van der Waals surface area contributed by atoms with Crippen molar-refractivity contribution in [3.8, 4) is 22.5 Å². The number of carboxylic acid groups (broad SMARTS) is 1. The van der Waals surface area contributed by atoms with Gasteiger partial charge in [0.05, 0.1) is 16.5 Å². The topological polar surface area (TPSA) is 106 Å². The van der Waals surface area contributed by atoms with Gasteiger partial charge in [0.1, 0.15) is 22.5 Å². The summed E-state index contributed by atoms with van der Waals surface area (Å²) >= 11 is 6.22. The Bertz CT molecular complexity index is 1330. The molecule has 0 spiro atoms. The molecule has 6 nitrogen and oxygen atoms in total. The largest absolute Gasteiger partial charge is 0.478 e. The van der Waals surface area contributed by atoms with Crippen molar-refractivity contribution < 1.29 is 27.9 Å². The first-order chi connectivity index (χ1) is 14.2. The first kappa shape index (κ1) is 19.5. The predicted octanol–water partition coefficient (Wildman–Crippen LogP) is 4.89. The van der Waals surface area contributed by atoms with E-state index >= 15 is 0 Å². The second kappa shape index (κ2) is 7.23. The maximum Gasteiger partial charge on any atom is 0.335 e. The Morgan fingerprint density at radius 3 is 2.33 bits per heavy atom. The fourth-order valence-corrected chi connectivity index (χ4v) is 3.36. The van der Waals surface area contributed by atoms with Gasteiger partial charge < -0.3 is 15.3 Å². The second-order valence-electron chi connectivity index (χ2n) is 6.39. The molecule has 0 aliphatic heterocycles. The van der Waals surface area contributed by atoms with Gasteiger partial charge in [0, 0.05) is 11.1 Å². The number of hydrogen-bond donors (Lipinski definition) is 2. The number of aromatic carboxylic acids is 1. The van der Waals surface area contributed by atoms with Crippen LogP contribution in [0.4, 0.5) is 8.78 Å². The first-order valence-corrected chi connectivity index (χ1v) is 8.85. The zero-order valence-corrected chi connectivity index (χ0v) is 15.7. The van der Waals surface area contributed by atoms with Crippen LogP contribution in [0.5, 0.6) is 0 Å². The van der Waals surface area contributed by atoms with Gasteiger partial charge in [-0.1, -0.05) is 11.6 Å². The van der Waals surface area contributed by atoms with E-state index in [1.807, 2.05) is 0 Å². The van der Waals surface area contributed by atoms with E-state index in [2.05, 4.69) is 4.98 Å². The van der Waals surface area contributed by atoms with Gasteiger partial charge in [0.15, 0.2) is 0 Å². The lowest BCUT2D eigenvalue weighted by Gasteiger charge is -2.06. The Kier molecular flexibility index (Phi) is 4.71. The molecule has 0 aliphatic rings. The molecule has 30 heavy (non-hydrogen) atoms. The maximum absolute atomic E-state index is 13.9. The molecular formula is C21H11ClF2N2O4. The van der Waals surface area contributed by atoms with Gasteiger partial charge in [-0.2, -0.15) is 0 Å². The Morgan fingerprint density at radius 1 is 1.00 bits per heavy atom. The maximum atomic E-state index is 13.9. The lowest BCUT2D eigenvalue weighted by Crippen LogP contribution is -2.11. The van der Waals surface area contributed by atoms with E-state index < -0.39 is 23.5 Å². The highest BCUT2D eigenvalue weighted by Crippen LogP contribution is 2.37. The fraction of sp³-hybridized carbons (Fsp3) is 0. The average Bonchev–Trinajstić information content (AvgIpc) is 3.05. The number of nitrogens with two attached hydrogens (primary N) is 1. The van der Waals surface area contributed by atoms with Gasteiger partial charge in [-0.25, -0.2) is 18.6 Å². The van der Waals surface area contributed by atoms with Gasteiger partial charge in [-0.3, -0.25) is 4.79 Å². The van der Waals surface area contributed by atoms with Gasteiger partial charge in [-0.05, 0) is 54.1 Å². The smallest absolute Gasteiger partial charge is 0.335 e. The molecule has 4 aromatic rings. The van der Waals surface area contributed by atoms with E-state index in [1.165, 1.54) is 36.4 Å². The van der Waals surface area contributed by atoms with E-state index in [-0.39, 0.29) is 44.3 Å². The summed E-state index contributed by atoms with van der Waals surface area (Å²) in [4.78, 5) is 27.5. The first-order valence-electron chi connectivity index (χ1n) is 8.47. The number of furan rings is 1. The summed E-state index contributed by atoms with van der Waals surface area (Å²) < 4.78 is 32.8. The van der Waals surface area contributed by atoms with Crippen molar-refractivity contribution in [2.75, 3.05) is 0 Å². The van der Waals surface area contributed by atoms with Crippen LogP contribution in [0, 0.1) is 11.6 Å². The molecule has 0 bridgehead atoms. The zero-order valence-electron chi connectivity index (χ0n) is 14.9. The SMILES string of the molecule is NC(=O)c1c(-c2ccc(F)cc2)oc2nc(Cl)c(-c3cc(F)cc(C(=O)O)c3)cc12. The van der Waals surface area contributed by atoms with E-state index in [1.54, 1.807) is 0 Å². The van der Waals surface area contributed by atoms with E-state index in [0.29, 0.717) is 5.56 Å². The standard InChI is InChI=1S/C21H11ClF2N2O4/c22-18-14(10-5-11(21(28)29)7-13(24)6-10)8-15-16(19(25)27)17(30-20(15)26-18)9-1-3-12(23)4-2-9/h1-8H,(H2,25,27)(H,28,29). The van der Waals surface area contributed by atoms with Crippen LogP contribution in [0.1, 0.15) is 20.7 Å². The number of carbonyl (C=O) groups is 2. The summed E-state index contributed by atoms with van der Waals surface area (Å²) in [5, 5.41) is 9.27. The lowest BCUT2D eigenvalue weighted by molar-refractivity contribution is 0.0696. The molecule has 0 unspecified atom stereocenters. The van der Waals surface area contributed by atoms with Crippen molar-refractivity contribution in [1.29, 1.82) is 0 Å². The summed E-state index contributed by atoms with van der Waals surface area (Å²) in [6.07, 6.45) is 0. The Labute approximate surface area is 172 Å². The molecule has 0 fully saturated rings. The Balaban J connectivity index is 1.98. The summed E-state index contributed by atoms with van der Waals surface area (Å²) in [5.41, 5.74) is 5.94. The van der Waals surface area contributed by atoms with Crippen molar-refractivity contribution in [2.24, 2.45) is 5.73 Å². The number of fused-ring (bicyclic) bond motifs is 1. The molecule has 2 aromatic heterocycles. The minimum atomic E-state index is -1.32. The molecule has 2 heterocycles.